The van der Waals surface area contributed by atoms with Gasteiger partial charge in [-0.25, -0.2) is 4.79 Å². The molecule has 55 heavy (non-hydrogen) atoms. The second kappa shape index (κ2) is 22.9. The van der Waals surface area contributed by atoms with Gasteiger partial charge in [0, 0.05) is 44.0 Å². The second-order valence-electron chi connectivity index (χ2n) is 15.4. The Morgan fingerprint density at radius 2 is 1.56 bits per heavy atom. The number of aliphatic hydroxyl groups is 1. The number of amides is 7. The SMILES string of the molecule is CC(C)C(NC(=O)CCOCCN1C(=O)C=CC1=O)C(=O)N[C@@H](CCCNC(N)=O)C(=O)Nc1ccc(CO)c(CCCOC(C)(C)CCOC(C)(C)C)c1. The van der Waals surface area contributed by atoms with Crippen LogP contribution in [0.15, 0.2) is 30.4 Å². The minimum atomic E-state index is -1.03. The number of hydrogen-bond acceptors (Lipinski definition) is 10. The van der Waals surface area contributed by atoms with Gasteiger partial charge in [-0.3, -0.25) is 28.9 Å². The van der Waals surface area contributed by atoms with Crippen molar-refractivity contribution in [1.29, 1.82) is 0 Å². The van der Waals surface area contributed by atoms with Crippen molar-refractivity contribution >= 4 is 41.3 Å². The average molecular weight is 775 g/mol. The molecule has 1 aliphatic heterocycles. The van der Waals surface area contributed by atoms with Gasteiger partial charge in [-0.15, -0.1) is 0 Å². The van der Waals surface area contributed by atoms with Gasteiger partial charge in [0.1, 0.15) is 12.1 Å². The number of nitrogens with two attached hydrogens (primary N) is 1. The Morgan fingerprint density at radius 1 is 0.873 bits per heavy atom. The number of nitrogens with one attached hydrogen (secondary N) is 4. The maximum Gasteiger partial charge on any atom is 0.312 e. The fourth-order valence-electron chi connectivity index (χ4n) is 5.51. The molecule has 0 bridgehead atoms. The molecule has 16 heteroatoms. The number of primary amides is 1. The molecule has 0 saturated carbocycles. The molecule has 2 atom stereocenters. The Labute approximate surface area is 324 Å². The summed E-state index contributed by atoms with van der Waals surface area (Å²) in [4.78, 5) is 75.5. The van der Waals surface area contributed by atoms with Crippen molar-refractivity contribution in [3.63, 3.8) is 0 Å². The Hall–Kier alpha value is -4.38. The smallest absolute Gasteiger partial charge is 0.312 e. The summed E-state index contributed by atoms with van der Waals surface area (Å²) in [5.74, 6) is -2.74. The highest BCUT2D eigenvalue weighted by atomic mass is 16.5. The zero-order chi connectivity index (χ0) is 41.2. The molecule has 1 aromatic carbocycles. The van der Waals surface area contributed by atoms with E-state index < -0.39 is 47.7 Å². The number of nitrogens with zero attached hydrogens (tertiary/aromatic N) is 1. The summed E-state index contributed by atoms with van der Waals surface area (Å²) < 4.78 is 17.4. The largest absolute Gasteiger partial charge is 0.392 e. The summed E-state index contributed by atoms with van der Waals surface area (Å²) in [6.07, 6.45) is 4.73. The van der Waals surface area contributed by atoms with E-state index in [0.29, 0.717) is 43.7 Å². The van der Waals surface area contributed by atoms with Gasteiger partial charge in [-0.05, 0) is 95.9 Å². The van der Waals surface area contributed by atoms with E-state index in [9.17, 15) is 33.9 Å². The van der Waals surface area contributed by atoms with E-state index in [0.717, 1.165) is 16.9 Å². The van der Waals surface area contributed by atoms with Crippen LogP contribution in [0.4, 0.5) is 10.5 Å². The Kier molecular flexibility index (Phi) is 19.4. The molecule has 308 valence electrons. The highest BCUT2D eigenvalue weighted by Gasteiger charge is 2.29. The van der Waals surface area contributed by atoms with Crippen LogP contribution in [0.25, 0.3) is 0 Å². The third kappa shape index (κ3) is 18.2. The first-order valence-corrected chi connectivity index (χ1v) is 18.9. The molecule has 1 heterocycles. The number of aliphatic hydroxyl groups excluding tert-OH is 1. The van der Waals surface area contributed by atoms with Crippen LogP contribution in [0.3, 0.4) is 0 Å². The van der Waals surface area contributed by atoms with Crippen molar-refractivity contribution in [3.8, 4) is 0 Å². The van der Waals surface area contributed by atoms with Crippen LogP contribution in [0, 0.1) is 5.92 Å². The minimum absolute atomic E-state index is 0.00499. The first kappa shape index (κ1) is 46.8. The summed E-state index contributed by atoms with van der Waals surface area (Å²) in [7, 11) is 0. The Morgan fingerprint density at radius 3 is 2.18 bits per heavy atom. The molecule has 0 spiro atoms. The van der Waals surface area contributed by atoms with Crippen molar-refractivity contribution < 1.29 is 48.1 Å². The fourth-order valence-corrected chi connectivity index (χ4v) is 5.51. The summed E-state index contributed by atoms with van der Waals surface area (Å²) in [5.41, 5.74) is 6.61. The number of urea groups is 1. The van der Waals surface area contributed by atoms with Crippen molar-refractivity contribution in [2.45, 2.75) is 117 Å². The van der Waals surface area contributed by atoms with Crippen LogP contribution >= 0.6 is 0 Å². The molecule has 1 aromatic rings. The number of imide groups is 1. The highest BCUT2D eigenvalue weighted by Crippen LogP contribution is 2.21. The lowest BCUT2D eigenvalue weighted by atomic mass is 10.0. The third-order valence-electron chi connectivity index (χ3n) is 8.67. The molecular weight excluding hydrogens is 712 g/mol. The molecule has 0 radical (unpaired) electrons. The molecule has 7 N–H and O–H groups in total. The van der Waals surface area contributed by atoms with Crippen LogP contribution in [0.2, 0.25) is 0 Å². The van der Waals surface area contributed by atoms with E-state index in [4.69, 9.17) is 19.9 Å². The molecule has 0 aromatic heterocycles. The van der Waals surface area contributed by atoms with Crippen molar-refractivity contribution in [3.05, 3.63) is 41.5 Å². The van der Waals surface area contributed by atoms with E-state index in [2.05, 4.69) is 21.3 Å². The maximum absolute atomic E-state index is 13.6. The quantitative estimate of drug-likeness (QED) is 0.0628. The predicted octanol–water partition coefficient (Wildman–Crippen LogP) is 2.46. The average Bonchev–Trinajstić information content (AvgIpc) is 3.41. The summed E-state index contributed by atoms with van der Waals surface area (Å²) in [5, 5.41) is 20.8. The van der Waals surface area contributed by atoms with E-state index in [1.807, 2.05) is 34.6 Å². The zero-order valence-electron chi connectivity index (χ0n) is 33.5. The highest BCUT2D eigenvalue weighted by molar-refractivity contribution is 6.12. The lowest BCUT2D eigenvalue weighted by Crippen LogP contribution is -2.54. The zero-order valence-corrected chi connectivity index (χ0v) is 33.5. The first-order chi connectivity index (χ1) is 25.8. The number of benzene rings is 1. The molecule has 7 amide bonds. The Bertz CT molecular complexity index is 1470. The Balaban J connectivity index is 2.01. The standard InChI is InChI=1S/C39H62N6O10/c1-26(2)34(44-31(47)16-21-53-23-19-45-32(48)14-15-33(45)49)36(51)43-30(11-8-18-41-37(40)52)35(50)42-29-13-12-28(25-46)27(24-29)10-9-20-55-39(6,7)17-22-54-38(3,4)5/h12-15,24,26,30,34,46H,8-11,16-23,25H2,1-7H3,(H,42,50)(H,43,51)(H,44,47)(H3,40,41,52)/t30-,34?/m0/s1. The number of anilines is 1. The van der Waals surface area contributed by atoms with Crippen LogP contribution in [-0.2, 0) is 51.2 Å². The summed E-state index contributed by atoms with van der Waals surface area (Å²) >= 11 is 0. The van der Waals surface area contributed by atoms with E-state index >= 15 is 0 Å². The van der Waals surface area contributed by atoms with Gasteiger partial charge < -0.3 is 46.3 Å². The number of rotatable bonds is 25. The van der Waals surface area contributed by atoms with Crippen molar-refractivity contribution in [2.75, 3.05) is 44.8 Å². The van der Waals surface area contributed by atoms with Crippen LogP contribution in [0.5, 0.6) is 0 Å². The van der Waals surface area contributed by atoms with Gasteiger partial charge in [0.15, 0.2) is 0 Å². The molecule has 0 fully saturated rings. The van der Waals surface area contributed by atoms with Gasteiger partial charge in [0.05, 0.1) is 37.6 Å². The second-order valence-corrected chi connectivity index (χ2v) is 15.4. The fraction of sp³-hybridized carbons (Fsp3) is 0.641. The number of ether oxygens (including phenoxy) is 3. The number of carbonyl (C=O) groups excluding carboxylic acids is 6. The lowest BCUT2D eigenvalue weighted by Gasteiger charge is -2.28. The van der Waals surface area contributed by atoms with Crippen molar-refractivity contribution in [2.24, 2.45) is 11.7 Å². The van der Waals surface area contributed by atoms with Gasteiger partial charge in [0.2, 0.25) is 17.7 Å². The predicted molar refractivity (Wildman–Crippen MR) is 206 cm³/mol. The van der Waals surface area contributed by atoms with Gasteiger partial charge in [-0.2, -0.15) is 0 Å². The monoisotopic (exact) mass is 774 g/mol. The van der Waals surface area contributed by atoms with Gasteiger partial charge in [0.25, 0.3) is 11.8 Å². The van der Waals surface area contributed by atoms with E-state index in [1.54, 1.807) is 32.0 Å². The normalized spacial score (nSPS) is 14.2. The van der Waals surface area contributed by atoms with Crippen molar-refractivity contribution in [1.82, 2.24) is 20.9 Å². The molecule has 1 unspecified atom stereocenters. The lowest BCUT2D eigenvalue weighted by molar-refractivity contribution is -0.138. The van der Waals surface area contributed by atoms with Gasteiger partial charge in [-0.1, -0.05) is 19.9 Å². The molecule has 2 rings (SSSR count). The third-order valence-corrected chi connectivity index (χ3v) is 8.67. The van der Waals surface area contributed by atoms with E-state index in [1.165, 1.54) is 12.2 Å². The van der Waals surface area contributed by atoms with E-state index in [-0.39, 0.29) is 62.9 Å². The van der Waals surface area contributed by atoms with Crippen LogP contribution in [-0.4, -0.2) is 108 Å². The first-order valence-electron chi connectivity index (χ1n) is 18.9. The molecule has 0 aliphatic carbocycles. The summed E-state index contributed by atoms with van der Waals surface area (Å²) in [6, 6.07) is 2.47. The number of aryl methyl sites for hydroxylation is 1. The topological polar surface area (TPSA) is 228 Å². The molecule has 16 nitrogen and oxygen atoms in total. The maximum atomic E-state index is 13.6. The van der Waals surface area contributed by atoms with Gasteiger partial charge >= 0.3 is 6.03 Å². The number of carbonyl (C=O) groups is 6. The molecule has 1 aliphatic rings. The minimum Gasteiger partial charge on any atom is -0.392 e. The van der Waals surface area contributed by atoms with Crippen LogP contribution < -0.4 is 27.0 Å². The number of hydrogen-bond donors (Lipinski definition) is 6. The molecular formula is C39H62N6O10. The molecule has 0 saturated heterocycles. The van der Waals surface area contributed by atoms with Crippen LogP contribution in [0.1, 0.15) is 91.7 Å². The summed E-state index contributed by atoms with van der Waals surface area (Å²) in [6.45, 7) is 14.7.